The van der Waals surface area contributed by atoms with E-state index in [1.165, 1.54) is 0 Å². The highest BCUT2D eigenvalue weighted by Crippen LogP contribution is 2.39. The van der Waals surface area contributed by atoms with E-state index >= 15 is 0 Å². The van der Waals surface area contributed by atoms with E-state index in [0.717, 1.165) is 53.1 Å². The van der Waals surface area contributed by atoms with E-state index in [4.69, 9.17) is 19.4 Å². The summed E-state index contributed by atoms with van der Waals surface area (Å²) < 4.78 is 10.8. The lowest BCUT2D eigenvalue weighted by atomic mass is 10.1. The molecule has 0 bridgehead atoms. The third-order valence-electron chi connectivity index (χ3n) is 4.98. The maximum absolute atomic E-state index is 5.39. The van der Waals surface area contributed by atoms with Gasteiger partial charge in [0.05, 0.1) is 25.3 Å². The molecule has 158 valence electrons. The van der Waals surface area contributed by atoms with Gasteiger partial charge in [-0.15, -0.1) is 0 Å². The van der Waals surface area contributed by atoms with Crippen LogP contribution in [0.3, 0.4) is 0 Å². The number of methoxy groups -OCH3 is 2. The zero-order valence-corrected chi connectivity index (χ0v) is 19.2. The fourth-order valence-electron chi connectivity index (χ4n) is 3.40. The van der Waals surface area contributed by atoms with Gasteiger partial charge in [0.25, 0.3) is 0 Å². The maximum atomic E-state index is 5.39. The largest absolute Gasteiger partial charge is 0.497 e. The zero-order valence-electron chi connectivity index (χ0n) is 17.6. The van der Waals surface area contributed by atoms with Crippen molar-refractivity contribution in [3.63, 3.8) is 0 Å². The fraction of sp³-hybridized carbons (Fsp3) is 0.0769. The summed E-state index contributed by atoms with van der Waals surface area (Å²) in [5, 5.41) is 4.02. The molecule has 0 aliphatic rings. The highest BCUT2D eigenvalue weighted by atomic mass is 32.2. The lowest BCUT2D eigenvalue weighted by Gasteiger charge is -2.11. The van der Waals surface area contributed by atoms with Gasteiger partial charge in [0, 0.05) is 9.79 Å². The summed E-state index contributed by atoms with van der Waals surface area (Å²) in [4.78, 5) is 12.1. The molecule has 4 aromatic carbocycles. The van der Waals surface area contributed by atoms with Crippen molar-refractivity contribution in [3.05, 3.63) is 84.9 Å². The minimum Gasteiger partial charge on any atom is -0.497 e. The monoisotopic (exact) mass is 456 g/mol. The van der Waals surface area contributed by atoms with Gasteiger partial charge in [-0.2, -0.15) is 0 Å². The molecule has 0 spiro atoms. The molecule has 5 rings (SSSR count). The van der Waals surface area contributed by atoms with E-state index in [-0.39, 0.29) is 0 Å². The number of aromatic nitrogens is 2. The first-order chi connectivity index (χ1) is 15.7. The van der Waals surface area contributed by atoms with Crippen LogP contribution < -0.4 is 9.47 Å². The molecule has 0 unspecified atom stereocenters. The Bertz CT molecular complexity index is 1310. The summed E-state index contributed by atoms with van der Waals surface area (Å²) in [6.07, 6.45) is 0. The van der Waals surface area contributed by atoms with E-state index in [2.05, 4.69) is 36.4 Å². The summed E-state index contributed by atoms with van der Waals surface area (Å²) in [5.41, 5.74) is 1.76. The van der Waals surface area contributed by atoms with Gasteiger partial charge in [-0.3, -0.25) is 0 Å². The Kier molecular flexibility index (Phi) is 5.88. The molecule has 0 N–H and O–H groups in total. The molecule has 0 aliphatic carbocycles. The third kappa shape index (κ3) is 4.38. The van der Waals surface area contributed by atoms with Gasteiger partial charge in [0.2, 0.25) is 0 Å². The second-order valence-electron chi connectivity index (χ2n) is 7.08. The number of fused-ring (bicyclic) bond motifs is 2. The summed E-state index contributed by atoms with van der Waals surface area (Å²) in [6.45, 7) is 0. The third-order valence-corrected chi connectivity index (χ3v) is 7.05. The molecule has 5 aromatic rings. The van der Waals surface area contributed by atoms with Gasteiger partial charge in [0.15, 0.2) is 0 Å². The second-order valence-corrected chi connectivity index (χ2v) is 9.21. The standard InChI is InChI=1S/C26H20N2O2S2/c1-29-19-9-5-11-21(15-19)31-25-26(32-22-12-6-10-20(16-22)30-2)28-24-14-18-8-4-3-7-17(18)13-23(24)27-25/h3-16H,1-2H3. The maximum Gasteiger partial charge on any atom is 0.134 e. The molecule has 0 saturated heterocycles. The minimum absolute atomic E-state index is 0.816. The van der Waals surface area contributed by atoms with Gasteiger partial charge in [-0.25, -0.2) is 9.97 Å². The number of nitrogens with zero attached hydrogens (tertiary/aromatic N) is 2. The van der Waals surface area contributed by atoms with E-state index in [0.29, 0.717) is 0 Å². The van der Waals surface area contributed by atoms with Crippen molar-refractivity contribution in [3.8, 4) is 11.5 Å². The number of ether oxygens (including phenoxy) is 2. The van der Waals surface area contributed by atoms with E-state index in [1.807, 2.05) is 48.5 Å². The van der Waals surface area contributed by atoms with Crippen LogP contribution in [0.1, 0.15) is 0 Å². The molecule has 0 aliphatic heterocycles. The van der Waals surface area contributed by atoms with Crippen LogP contribution in [0.2, 0.25) is 0 Å². The Hall–Kier alpha value is -3.22. The Morgan fingerprint density at radius 3 is 1.47 bits per heavy atom. The van der Waals surface area contributed by atoms with Gasteiger partial charge in [-0.05, 0) is 59.3 Å². The first-order valence-corrected chi connectivity index (χ1v) is 11.7. The van der Waals surface area contributed by atoms with Crippen molar-refractivity contribution in [1.82, 2.24) is 9.97 Å². The van der Waals surface area contributed by atoms with Gasteiger partial charge in [0.1, 0.15) is 21.6 Å². The quantitative estimate of drug-likeness (QED) is 0.254. The Balaban J connectivity index is 1.63. The minimum atomic E-state index is 0.816. The molecule has 0 radical (unpaired) electrons. The van der Waals surface area contributed by atoms with Crippen molar-refractivity contribution >= 4 is 45.3 Å². The zero-order chi connectivity index (χ0) is 21.9. The molecule has 6 heteroatoms. The highest BCUT2D eigenvalue weighted by Gasteiger charge is 2.14. The van der Waals surface area contributed by atoms with Crippen LogP contribution in [0.4, 0.5) is 0 Å². The van der Waals surface area contributed by atoms with Gasteiger partial charge >= 0.3 is 0 Å². The summed E-state index contributed by atoms with van der Waals surface area (Å²) in [6, 6.07) is 28.5. The van der Waals surface area contributed by atoms with Crippen LogP contribution in [-0.4, -0.2) is 24.2 Å². The number of rotatable bonds is 6. The van der Waals surface area contributed by atoms with Crippen LogP contribution in [0.5, 0.6) is 11.5 Å². The first kappa shape index (κ1) is 20.7. The SMILES string of the molecule is COc1cccc(Sc2nc3cc4ccccc4cc3nc2Sc2cccc(OC)c2)c1. The normalized spacial score (nSPS) is 11.1. The smallest absolute Gasteiger partial charge is 0.134 e. The Morgan fingerprint density at radius 2 is 1.03 bits per heavy atom. The molecular formula is C26H20N2O2S2. The van der Waals surface area contributed by atoms with Crippen molar-refractivity contribution in [1.29, 1.82) is 0 Å². The molecule has 4 nitrogen and oxygen atoms in total. The lowest BCUT2D eigenvalue weighted by molar-refractivity contribution is 0.413. The van der Waals surface area contributed by atoms with Crippen molar-refractivity contribution in [2.75, 3.05) is 14.2 Å². The van der Waals surface area contributed by atoms with Gasteiger partial charge < -0.3 is 9.47 Å². The second kappa shape index (κ2) is 9.10. The average Bonchev–Trinajstić information content (AvgIpc) is 2.83. The molecule has 32 heavy (non-hydrogen) atoms. The van der Waals surface area contributed by atoms with Crippen LogP contribution in [0.25, 0.3) is 21.8 Å². The fourth-order valence-corrected chi connectivity index (χ4v) is 5.29. The number of hydrogen-bond donors (Lipinski definition) is 0. The molecule has 0 fully saturated rings. The predicted octanol–water partition coefficient (Wildman–Crippen LogP) is 7.10. The molecule has 1 aromatic heterocycles. The molecule has 1 heterocycles. The summed E-state index contributed by atoms with van der Waals surface area (Å²) in [7, 11) is 3.35. The number of benzene rings is 4. The molecule has 0 atom stereocenters. The molecule has 0 saturated carbocycles. The first-order valence-electron chi connectivity index (χ1n) is 10.1. The Morgan fingerprint density at radius 1 is 0.562 bits per heavy atom. The summed E-state index contributed by atoms with van der Waals surface area (Å²) in [5.74, 6) is 1.63. The number of hydrogen-bond acceptors (Lipinski definition) is 6. The van der Waals surface area contributed by atoms with Crippen molar-refractivity contribution in [2.45, 2.75) is 19.8 Å². The average molecular weight is 457 g/mol. The van der Waals surface area contributed by atoms with Crippen molar-refractivity contribution < 1.29 is 9.47 Å². The predicted molar refractivity (Wildman–Crippen MR) is 131 cm³/mol. The Labute approximate surface area is 195 Å². The van der Waals surface area contributed by atoms with Crippen LogP contribution in [0.15, 0.2) is 105 Å². The topological polar surface area (TPSA) is 44.2 Å². The summed E-state index contributed by atoms with van der Waals surface area (Å²) >= 11 is 3.17. The van der Waals surface area contributed by atoms with E-state index in [1.54, 1.807) is 37.7 Å². The van der Waals surface area contributed by atoms with E-state index in [9.17, 15) is 0 Å². The van der Waals surface area contributed by atoms with Gasteiger partial charge in [-0.1, -0.05) is 59.9 Å². The van der Waals surface area contributed by atoms with Crippen LogP contribution in [0, 0.1) is 0 Å². The lowest BCUT2D eigenvalue weighted by Crippen LogP contribution is -1.93. The molecular weight excluding hydrogens is 436 g/mol. The van der Waals surface area contributed by atoms with E-state index < -0.39 is 0 Å². The highest BCUT2D eigenvalue weighted by molar-refractivity contribution is 8.02. The molecule has 0 amide bonds. The van der Waals surface area contributed by atoms with Crippen LogP contribution >= 0.6 is 23.5 Å². The van der Waals surface area contributed by atoms with Crippen LogP contribution in [-0.2, 0) is 0 Å². The van der Waals surface area contributed by atoms with Crippen molar-refractivity contribution in [2.24, 2.45) is 0 Å².